The first-order valence-corrected chi connectivity index (χ1v) is 8.05. The molecule has 1 aliphatic heterocycles. The predicted molar refractivity (Wildman–Crippen MR) is 78.5 cm³/mol. The molecule has 0 spiro atoms. The van der Waals surface area contributed by atoms with Gasteiger partial charge in [0.1, 0.15) is 4.90 Å². The number of rotatable bonds is 2. The van der Waals surface area contributed by atoms with Gasteiger partial charge in [-0.15, -0.1) is 0 Å². The second kappa shape index (κ2) is 4.75. The molecule has 0 unspecified atom stereocenters. The van der Waals surface area contributed by atoms with Crippen molar-refractivity contribution in [2.24, 2.45) is 0 Å². The van der Waals surface area contributed by atoms with Gasteiger partial charge in [0.15, 0.2) is 0 Å². The van der Waals surface area contributed by atoms with Crippen LogP contribution in [0.4, 0.5) is 5.69 Å². The highest BCUT2D eigenvalue weighted by Gasteiger charge is 2.35. The second-order valence-electron chi connectivity index (χ2n) is 4.82. The average molecular weight is 309 g/mol. The fraction of sp³-hybridized carbons (Fsp3) is 0.214. The van der Waals surface area contributed by atoms with E-state index in [4.69, 9.17) is 11.6 Å². The summed E-state index contributed by atoms with van der Waals surface area (Å²) in [6.07, 6.45) is 3.46. The van der Waals surface area contributed by atoms with Gasteiger partial charge in [0, 0.05) is 18.4 Å². The molecule has 0 aliphatic carbocycles. The second-order valence-corrected chi connectivity index (χ2v) is 7.07. The van der Waals surface area contributed by atoms with Crippen LogP contribution in [-0.4, -0.2) is 19.4 Å². The van der Waals surface area contributed by atoms with Crippen LogP contribution in [0.25, 0.3) is 0 Å². The van der Waals surface area contributed by atoms with Crippen molar-refractivity contribution >= 4 is 27.3 Å². The number of pyridine rings is 1. The van der Waals surface area contributed by atoms with Crippen LogP contribution >= 0.6 is 11.6 Å². The fourth-order valence-corrected chi connectivity index (χ4v) is 4.47. The summed E-state index contributed by atoms with van der Waals surface area (Å²) in [5, 5.41) is 0.311. The molecule has 6 heteroatoms. The standard InChI is InChI=1S/C14H13ClN2O2S/c1-10-6-11-4-2-3-5-14(11)17(10)20(18,19)13-7-12(15)8-16-9-13/h2-5,7-10H,6H2,1H3/t10-/m1/s1. The quantitative estimate of drug-likeness (QED) is 0.857. The Bertz CT molecular complexity index is 761. The van der Waals surface area contributed by atoms with Crippen LogP contribution in [0.1, 0.15) is 12.5 Å². The Hall–Kier alpha value is -1.59. The highest BCUT2D eigenvalue weighted by Crippen LogP contribution is 2.36. The van der Waals surface area contributed by atoms with E-state index in [0.717, 1.165) is 11.3 Å². The highest BCUT2D eigenvalue weighted by molar-refractivity contribution is 7.92. The van der Waals surface area contributed by atoms with E-state index in [0.29, 0.717) is 11.4 Å². The maximum Gasteiger partial charge on any atom is 0.266 e. The van der Waals surface area contributed by atoms with Gasteiger partial charge in [0.25, 0.3) is 10.0 Å². The Morgan fingerprint density at radius 2 is 2.05 bits per heavy atom. The van der Waals surface area contributed by atoms with Crippen LogP contribution in [0, 0.1) is 0 Å². The average Bonchev–Trinajstić information content (AvgIpc) is 2.75. The van der Waals surface area contributed by atoms with E-state index in [2.05, 4.69) is 4.98 Å². The number of para-hydroxylation sites is 1. The Labute approximate surface area is 123 Å². The van der Waals surface area contributed by atoms with E-state index < -0.39 is 10.0 Å². The highest BCUT2D eigenvalue weighted by atomic mass is 35.5. The van der Waals surface area contributed by atoms with Gasteiger partial charge < -0.3 is 0 Å². The molecule has 0 bridgehead atoms. The minimum atomic E-state index is -3.64. The van der Waals surface area contributed by atoms with Gasteiger partial charge in [-0.1, -0.05) is 29.8 Å². The maximum absolute atomic E-state index is 12.8. The number of halogens is 1. The van der Waals surface area contributed by atoms with Crippen molar-refractivity contribution in [3.05, 3.63) is 53.3 Å². The minimum Gasteiger partial charge on any atom is -0.263 e. The molecule has 20 heavy (non-hydrogen) atoms. The largest absolute Gasteiger partial charge is 0.266 e. The van der Waals surface area contributed by atoms with Crippen LogP contribution in [0.5, 0.6) is 0 Å². The number of hydrogen-bond acceptors (Lipinski definition) is 3. The molecular weight excluding hydrogens is 296 g/mol. The monoisotopic (exact) mass is 308 g/mol. The molecule has 2 heterocycles. The zero-order valence-corrected chi connectivity index (χ0v) is 12.4. The Morgan fingerprint density at radius 1 is 1.30 bits per heavy atom. The summed E-state index contributed by atoms with van der Waals surface area (Å²) in [5.41, 5.74) is 1.78. The smallest absolute Gasteiger partial charge is 0.263 e. The van der Waals surface area contributed by atoms with Crippen molar-refractivity contribution in [1.29, 1.82) is 0 Å². The lowest BCUT2D eigenvalue weighted by Gasteiger charge is -2.24. The molecule has 1 atom stereocenters. The topological polar surface area (TPSA) is 50.3 Å². The number of hydrogen-bond donors (Lipinski definition) is 0. The van der Waals surface area contributed by atoms with Crippen LogP contribution < -0.4 is 4.31 Å². The Kier molecular flexibility index (Phi) is 3.18. The molecule has 3 rings (SSSR count). The number of nitrogens with zero attached hydrogens (tertiary/aromatic N) is 2. The summed E-state index contributed by atoms with van der Waals surface area (Å²) in [7, 11) is -3.64. The molecule has 0 saturated carbocycles. The van der Waals surface area contributed by atoms with Crippen LogP contribution in [0.2, 0.25) is 5.02 Å². The van der Waals surface area contributed by atoms with Crippen molar-refractivity contribution in [1.82, 2.24) is 4.98 Å². The summed E-state index contributed by atoms with van der Waals surface area (Å²) in [4.78, 5) is 3.98. The molecule has 0 radical (unpaired) electrons. The van der Waals surface area contributed by atoms with Gasteiger partial charge >= 0.3 is 0 Å². The van der Waals surface area contributed by atoms with E-state index >= 15 is 0 Å². The minimum absolute atomic E-state index is 0.114. The zero-order chi connectivity index (χ0) is 14.3. The molecule has 0 fully saturated rings. The first kappa shape index (κ1) is 13.4. The molecule has 1 aromatic carbocycles. The lowest BCUT2D eigenvalue weighted by molar-refractivity contribution is 0.584. The number of benzene rings is 1. The number of fused-ring (bicyclic) bond motifs is 1. The van der Waals surface area contributed by atoms with Gasteiger partial charge in [-0.3, -0.25) is 9.29 Å². The molecule has 1 aliphatic rings. The van der Waals surface area contributed by atoms with Gasteiger partial charge in [-0.2, -0.15) is 0 Å². The Morgan fingerprint density at radius 3 is 2.80 bits per heavy atom. The number of aromatic nitrogens is 1. The summed E-state index contributed by atoms with van der Waals surface area (Å²) in [6, 6.07) is 8.86. The molecule has 0 amide bonds. The van der Waals surface area contributed by atoms with Gasteiger partial charge in [-0.05, 0) is 31.0 Å². The first-order chi connectivity index (χ1) is 9.50. The van der Waals surface area contributed by atoms with Crippen molar-refractivity contribution in [3.63, 3.8) is 0 Å². The SMILES string of the molecule is C[C@@H]1Cc2ccccc2N1S(=O)(=O)c1cncc(Cl)c1. The van der Waals surface area contributed by atoms with Gasteiger partial charge in [0.2, 0.25) is 0 Å². The van der Waals surface area contributed by atoms with Crippen molar-refractivity contribution in [2.75, 3.05) is 4.31 Å². The van der Waals surface area contributed by atoms with Crippen molar-refractivity contribution < 1.29 is 8.42 Å². The lowest BCUT2D eigenvalue weighted by atomic mass is 10.1. The summed E-state index contributed by atoms with van der Waals surface area (Å²) in [6.45, 7) is 1.90. The van der Waals surface area contributed by atoms with E-state index in [1.54, 1.807) is 0 Å². The molecule has 2 aromatic rings. The van der Waals surface area contributed by atoms with E-state index in [-0.39, 0.29) is 10.9 Å². The Balaban J connectivity index is 2.13. The normalized spacial score (nSPS) is 18.1. The van der Waals surface area contributed by atoms with Crippen LogP contribution in [0.3, 0.4) is 0 Å². The molecule has 0 saturated heterocycles. The van der Waals surface area contributed by atoms with Crippen LogP contribution in [0.15, 0.2) is 47.6 Å². The lowest BCUT2D eigenvalue weighted by Crippen LogP contribution is -2.35. The molecular formula is C14H13ClN2O2S. The fourth-order valence-electron chi connectivity index (χ4n) is 2.55. The maximum atomic E-state index is 12.8. The third kappa shape index (κ3) is 2.07. The van der Waals surface area contributed by atoms with Crippen molar-refractivity contribution in [2.45, 2.75) is 24.3 Å². The number of anilines is 1. The predicted octanol–water partition coefficient (Wildman–Crippen LogP) is 2.87. The van der Waals surface area contributed by atoms with Crippen molar-refractivity contribution in [3.8, 4) is 0 Å². The zero-order valence-electron chi connectivity index (χ0n) is 10.8. The molecule has 4 nitrogen and oxygen atoms in total. The van der Waals surface area contributed by atoms with E-state index in [1.807, 2.05) is 31.2 Å². The summed E-state index contributed by atoms with van der Waals surface area (Å²) in [5.74, 6) is 0. The van der Waals surface area contributed by atoms with E-state index in [9.17, 15) is 8.42 Å². The molecule has 1 aromatic heterocycles. The number of sulfonamides is 1. The molecule has 0 N–H and O–H groups in total. The first-order valence-electron chi connectivity index (χ1n) is 6.23. The van der Waals surface area contributed by atoms with Gasteiger partial charge in [-0.25, -0.2) is 8.42 Å². The third-order valence-corrected chi connectivity index (χ3v) is 5.48. The van der Waals surface area contributed by atoms with Crippen LogP contribution in [-0.2, 0) is 16.4 Å². The summed E-state index contributed by atoms with van der Waals surface area (Å²) >= 11 is 5.85. The summed E-state index contributed by atoms with van der Waals surface area (Å²) < 4.78 is 27.0. The third-order valence-electron chi connectivity index (χ3n) is 3.38. The molecule has 104 valence electrons. The van der Waals surface area contributed by atoms with E-state index in [1.165, 1.54) is 22.8 Å². The van der Waals surface area contributed by atoms with Gasteiger partial charge in [0.05, 0.1) is 10.7 Å².